The molecule has 1 N–H and O–H groups in total. The number of amides is 1. The summed E-state index contributed by atoms with van der Waals surface area (Å²) < 4.78 is 5.55. The molecule has 0 spiro atoms. The van der Waals surface area contributed by atoms with Crippen LogP contribution in [0.15, 0.2) is 42.6 Å². The summed E-state index contributed by atoms with van der Waals surface area (Å²) in [6.07, 6.45) is 1.55. The molecule has 0 radical (unpaired) electrons. The van der Waals surface area contributed by atoms with Gasteiger partial charge in [0.25, 0.3) is 5.91 Å². The summed E-state index contributed by atoms with van der Waals surface area (Å²) in [6, 6.07) is 11.0. The molecule has 0 saturated carbocycles. The van der Waals surface area contributed by atoms with Crippen LogP contribution in [0.3, 0.4) is 0 Å². The number of nitrogens with one attached hydrogen (secondary N) is 1. The van der Waals surface area contributed by atoms with Gasteiger partial charge in [-0.05, 0) is 25.1 Å². The van der Waals surface area contributed by atoms with Gasteiger partial charge >= 0.3 is 0 Å². The maximum atomic E-state index is 12.2. The fraction of sp³-hybridized carbons (Fsp3) is 0.250. The Labute approximate surface area is 123 Å². The van der Waals surface area contributed by atoms with Crippen LogP contribution in [0.4, 0.5) is 0 Å². The van der Waals surface area contributed by atoms with Crippen LogP contribution in [0.2, 0.25) is 0 Å². The van der Waals surface area contributed by atoms with Crippen LogP contribution in [0.1, 0.15) is 27.8 Å². The second-order valence-electron chi connectivity index (χ2n) is 4.75. The highest BCUT2D eigenvalue weighted by molar-refractivity contribution is 5.98. The number of nitrogens with zero attached hydrogens (tertiary/aromatic N) is 1. The van der Waals surface area contributed by atoms with Crippen molar-refractivity contribution in [2.24, 2.45) is 0 Å². The third kappa shape index (κ3) is 3.95. The Morgan fingerprint density at radius 2 is 1.95 bits per heavy atom. The zero-order valence-corrected chi connectivity index (χ0v) is 12.1. The zero-order chi connectivity index (χ0) is 15.2. The Kier molecular flexibility index (Phi) is 4.77. The van der Waals surface area contributed by atoms with Gasteiger partial charge in [-0.2, -0.15) is 0 Å². The molecule has 0 saturated heterocycles. The van der Waals surface area contributed by atoms with Crippen LogP contribution in [0.5, 0.6) is 5.75 Å². The molecule has 0 aliphatic carbocycles. The molecule has 0 atom stereocenters. The predicted octanol–water partition coefficient (Wildman–Crippen LogP) is 2.37. The van der Waals surface area contributed by atoms with Gasteiger partial charge in [0, 0.05) is 18.8 Å². The number of ketones is 1. The molecule has 0 aliphatic rings. The summed E-state index contributed by atoms with van der Waals surface area (Å²) in [6.45, 7) is 2.34. The van der Waals surface area contributed by atoms with Gasteiger partial charge in [-0.25, -0.2) is 0 Å². The fourth-order valence-electron chi connectivity index (χ4n) is 1.85. The van der Waals surface area contributed by atoms with E-state index in [1.54, 1.807) is 24.2 Å². The van der Waals surface area contributed by atoms with Crippen molar-refractivity contribution in [3.8, 4) is 5.75 Å². The highest BCUT2D eigenvalue weighted by atomic mass is 16.5. The van der Waals surface area contributed by atoms with E-state index in [1.165, 1.54) is 6.92 Å². The lowest BCUT2D eigenvalue weighted by molar-refractivity contribution is 0.0768. The van der Waals surface area contributed by atoms with Crippen LogP contribution < -0.4 is 4.74 Å². The van der Waals surface area contributed by atoms with Gasteiger partial charge in [0.05, 0.1) is 6.54 Å². The minimum Gasteiger partial charge on any atom is -0.492 e. The number of H-pyrrole nitrogens is 1. The lowest BCUT2D eigenvalue weighted by atomic mass is 10.2. The molecule has 21 heavy (non-hydrogen) atoms. The van der Waals surface area contributed by atoms with Crippen molar-refractivity contribution < 1.29 is 14.3 Å². The standard InChI is InChI=1S/C16H18N2O3/c1-12(19)13-10-15(17-11-13)16(20)18(2)8-9-21-14-6-4-3-5-7-14/h3-7,10-11,17H,8-9H2,1-2H3. The summed E-state index contributed by atoms with van der Waals surface area (Å²) in [5, 5.41) is 0. The van der Waals surface area contributed by atoms with Crippen molar-refractivity contribution in [2.75, 3.05) is 20.2 Å². The Morgan fingerprint density at radius 3 is 2.57 bits per heavy atom. The second-order valence-corrected chi connectivity index (χ2v) is 4.75. The van der Waals surface area contributed by atoms with Crippen LogP contribution in [-0.4, -0.2) is 41.8 Å². The van der Waals surface area contributed by atoms with Crippen LogP contribution in [-0.2, 0) is 0 Å². The number of benzene rings is 1. The first-order valence-electron chi connectivity index (χ1n) is 6.70. The highest BCUT2D eigenvalue weighted by Crippen LogP contribution is 2.09. The number of aromatic nitrogens is 1. The molecule has 2 rings (SSSR count). The topological polar surface area (TPSA) is 62.4 Å². The van der Waals surface area contributed by atoms with E-state index in [4.69, 9.17) is 4.74 Å². The molecule has 0 unspecified atom stereocenters. The summed E-state index contributed by atoms with van der Waals surface area (Å²) in [4.78, 5) is 27.7. The average Bonchev–Trinajstić information content (AvgIpc) is 2.97. The van der Waals surface area contributed by atoms with E-state index in [1.807, 2.05) is 30.3 Å². The number of carbonyl (C=O) groups is 2. The fourth-order valence-corrected chi connectivity index (χ4v) is 1.85. The van der Waals surface area contributed by atoms with Gasteiger partial charge in [0.15, 0.2) is 5.78 Å². The van der Waals surface area contributed by atoms with Gasteiger partial charge in [-0.15, -0.1) is 0 Å². The minimum absolute atomic E-state index is 0.0691. The minimum atomic E-state index is -0.167. The van der Waals surface area contributed by atoms with Crippen molar-refractivity contribution in [3.05, 3.63) is 53.9 Å². The van der Waals surface area contributed by atoms with Gasteiger partial charge in [0.2, 0.25) is 0 Å². The second kappa shape index (κ2) is 6.74. The van der Waals surface area contributed by atoms with E-state index in [-0.39, 0.29) is 11.7 Å². The van der Waals surface area contributed by atoms with Crippen LogP contribution in [0, 0.1) is 0 Å². The SMILES string of the molecule is CC(=O)c1c[nH]c(C(=O)N(C)CCOc2ccccc2)c1. The smallest absolute Gasteiger partial charge is 0.270 e. The van der Waals surface area contributed by atoms with Crippen molar-refractivity contribution in [3.63, 3.8) is 0 Å². The maximum Gasteiger partial charge on any atom is 0.270 e. The van der Waals surface area contributed by atoms with E-state index in [0.29, 0.717) is 24.4 Å². The van der Waals surface area contributed by atoms with E-state index >= 15 is 0 Å². The first kappa shape index (κ1) is 14.8. The van der Waals surface area contributed by atoms with Gasteiger partial charge < -0.3 is 14.6 Å². The molecule has 5 heteroatoms. The number of hydrogen-bond donors (Lipinski definition) is 1. The molecule has 1 aromatic heterocycles. The van der Waals surface area contributed by atoms with E-state index in [0.717, 1.165) is 5.75 Å². The summed E-state index contributed by atoms with van der Waals surface area (Å²) in [5.74, 6) is 0.539. The number of likely N-dealkylation sites (N-methyl/N-ethyl adjacent to an activating group) is 1. The molecule has 0 aliphatic heterocycles. The van der Waals surface area contributed by atoms with Crippen molar-refractivity contribution in [2.45, 2.75) is 6.92 Å². The molecule has 1 amide bonds. The third-order valence-corrected chi connectivity index (χ3v) is 3.11. The Balaban J connectivity index is 1.86. The number of rotatable bonds is 6. The van der Waals surface area contributed by atoms with E-state index in [9.17, 15) is 9.59 Å². The Morgan fingerprint density at radius 1 is 1.24 bits per heavy atom. The number of carbonyl (C=O) groups excluding carboxylic acids is 2. The maximum absolute atomic E-state index is 12.2. The number of aromatic amines is 1. The van der Waals surface area contributed by atoms with Crippen molar-refractivity contribution in [1.82, 2.24) is 9.88 Å². The largest absolute Gasteiger partial charge is 0.492 e. The molecule has 1 heterocycles. The first-order valence-corrected chi connectivity index (χ1v) is 6.70. The highest BCUT2D eigenvalue weighted by Gasteiger charge is 2.14. The van der Waals surface area contributed by atoms with Crippen LogP contribution in [0.25, 0.3) is 0 Å². The van der Waals surface area contributed by atoms with Crippen molar-refractivity contribution in [1.29, 1.82) is 0 Å². The normalized spacial score (nSPS) is 10.2. The van der Waals surface area contributed by atoms with Crippen molar-refractivity contribution >= 4 is 11.7 Å². The molecule has 1 aromatic carbocycles. The predicted molar refractivity (Wildman–Crippen MR) is 79.7 cm³/mol. The quantitative estimate of drug-likeness (QED) is 0.829. The van der Waals surface area contributed by atoms with Crippen LogP contribution >= 0.6 is 0 Å². The monoisotopic (exact) mass is 286 g/mol. The third-order valence-electron chi connectivity index (χ3n) is 3.11. The van der Waals surface area contributed by atoms with Gasteiger partial charge in [0.1, 0.15) is 18.1 Å². The number of para-hydroxylation sites is 1. The lowest BCUT2D eigenvalue weighted by Gasteiger charge is -2.16. The molecule has 5 nitrogen and oxygen atoms in total. The summed E-state index contributed by atoms with van der Waals surface area (Å²) >= 11 is 0. The average molecular weight is 286 g/mol. The molecule has 0 fully saturated rings. The Bertz CT molecular complexity index is 619. The first-order chi connectivity index (χ1) is 10.1. The number of hydrogen-bond acceptors (Lipinski definition) is 3. The Hall–Kier alpha value is -2.56. The zero-order valence-electron chi connectivity index (χ0n) is 12.1. The molecule has 110 valence electrons. The molecule has 0 bridgehead atoms. The molecular weight excluding hydrogens is 268 g/mol. The molecule has 2 aromatic rings. The number of ether oxygens (including phenoxy) is 1. The molecular formula is C16H18N2O3. The van der Waals surface area contributed by atoms with Gasteiger partial charge in [-0.3, -0.25) is 9.59 Å². The summed E-state index contributed by atoms with van der Waals surface area (Å²) in [5.41, 5.74) is 0.912. The van der Waals surface area contributed by atoms with Gasteiger partial charge in [-0.1, -0.05) is 18.2 Å². The van der Waals surface area contributed by atoms with E-state index in [2.05, 4.69) is 4.98 Å². The summed E-state index contributed by atoms with van der Waals surface area (Å²) in [7, 11) is 1.70. The van der Waals surface area contributed by atoms with E-state index < -0.39 is 0 Å². The lowest BCUT2D eigenvalue weighted by Crippen LogP contribution is -2.31. The number of Topliss-reactive ketones (excluding diaryl/α,β-unsaturated/α-hetero) is 1.